The van der Waals surface area contributed by atoms with Gasteiger partial charge in [0.1, 0.15) is 14.1 Å². The third-order valence-corrected chi connectivity index (χ3v) is 8.38. The average molecular weight is 657 g/mol. The first-order valence-corrected chi connectivity index (χ1v) is 15.4. The second kappa shape index (κ2) is 12.5. The molecule has 0 saturated heterocycles. The van der Waals surface area contributed by atoms with Crippen molar-refractivity contribution in [3.63, 3.8) is 0 Å². The van der Waals surface area contributed by atoms with E-state index in [0.29, 0.717) is 28.6 Å². The lowest BCUT2D eigenvalue weighted by molar-refractivity contribution is 0.405. The third kappa shape index (κ3) is 5.57. The van der Waals surface area contributed by atoms with E-state index >= 15 is 0 Å². The number of halogens is 1. The van der Waals surface area contributed by atoms with Gasteiger partial charge < -0.3 is 4.74 Å². The monoisotopic (exact) mass is 656 g/mol. The summed E-state index contributed by atoms with van der Waals surface area (Å²) >= 11 is 3.79. The molecule has 7 rings (SSSR count). The summed E-state index contributed by atoms with van der Waals surface area (Å²) in [5.41, 5.74) is 7.46. The molecule has 0 N–H and O–H groups in total. The number of ether oxygens (including phenoxy) is 1. The summed E-state index contributed by atoms with van der Waals surface area (Å²) in [5.74, 6) is 1.33. The molecule has 0 aliphatic carbocycles. The number of hydrogen-bond acceptors (Lipinski definition) is 4. The van der Waals surface area contributed by atoms with E-state index in [-0.39, 0.29) is 0 Å². The van der Waals surface area contributed by atoms with Gasteiger partial charge in [-0.1, -0.05) is 116 Å². The SMILES string of the molecule is [B]c1cccc2c3cccc(Br)c3n(-c3nc(C4=C/O/C=C\C=C/C(=C)C(=C)/C=C\4)nc(-c4cccc(-c5ccccc5)c4)n3)c12. The van der Waals surface area contributed by atoms with Crippen LogP contribution in [-0.2, 0) is 4.74 Å². The van der Waals surface area contributed by atoms with Crippen LogP contribution in [0.2, 0.25) is 0 Å². The number of nitrogens with zero attached hydrogens (tertiary/aromatic N) is 4. The smallest absolute Gasteiger partial charge is 0.238 e. The zero-order valence-corrected chi connectivity index (χ0v) is 26.4. The molecule has 5 nitrogen and oxygen atoms in total. The molecule has 2 radical (unpaired) electrons. The minimum absolute atomic E-state index is 0.414. The van der Waals surface area contributed by atoms with Gasteiger partial charge in [-0.25, -0.2) is 4.98 Å². The van der Waals surface area contributed by atoms with E-state index in [1.165, 1.54) is 0 Å². The number of rotatable bonds is 4. The Bertz CT molecular complexity index is 2240. The van der Waals surface area contributed by atoms with Crippen LogP contribution in [0.15, 0.2) is 163 Å². The molecule has 0 saturated carbocycles. The molecule has 7 heteroatoms. The summed E-state index contributed by atoms with van der Waals surface area (Å²) in [6.07, 6.45) is 12.5. The van der Waals surface area contributed by atoms with Crippen LogP contribution in [0.4, 0.5) is 0 Å². The van der Waals surface area contributed by atoms with E-state index in [9.17, 15) is 0 Å². The van der Waals surface area contributed by atoms with Gasteiger partial charge in [0, 0.05) is 20.8 Å². The normalized spacial score (nSPS) is 16.8. The summed E-state index contributed by atoms with van der Waals surface area (Å²) in [7, 11) is 6.65. The van der Waals surface area contributed by atoms with Gasteiger partial charge in [0.25, 0.3) is 0 Å². The molecule has 218 valence electrons. The van der Waals surface area contributed by atoms with Crippen LogP contribution in [-0.4, -0.2) is 27.4 Å². The Morgan fingerprint density at radius 3 is 2.20 bits per heavy atom. The minimum Gasteiger partial charge on any atom is -0.472 e. The molecule has 1 aliphatic rings. The number of para-hydroxylation sites is 2. The largest absolute Gasteiger partial charge is 0.472 e. The van der Waals surface area contributed by atoms with Crippen molar-refractivity contribution in [2.24, 2.45) is 0 Å². The van der Waals surface area contributed by atoms with E-state index in [4.69, 9.17) is 27.5 Å². The van der Waals surface area contributed by atoms with Crippen LogP contribution in [0, 0.1) is 0 Å². The van der Waals surface area contributed by atoms with E-state index in [2.05, 4.69) is 65.5 Å². The fourth-order valence-corrected chi connectivity index (χ4v) is 5.98. The Morgan fingerprint density at radius 1 is 0.652 bits per heavy atom. The fourth-order valence-electron chi connectivity index (χ4n) is 5.44. The summed E-state index contributed by atoms with van der Waals surface area (Å²) in [5, 5.41) is 2.02. The maximum atomic E-state index is 6.65. The predicted molar refractivity (Wildman–Crippen MR) is 193 cm³/mol. The lowest BCUT2D eigenvalue weighted by Crippen LogP contribution is -2.12. The number of fused-ring (bicyclic) bond motifs is 3. The minimum atomic E-state index is 0.414. The van der Waals surface area contributed by atoms with Crippen LogP contribution in [0.3, 0.4) is 0 Å². The van der Waals surface area contributed by atoms with Crippen LogP contribution in [0.5, 0.6) is 0 Å². The third-order valence-electron chi connectivity index (χ3n) is 7.74. The van der Waals surface area contributed by atoms with Crippen molar-refractivity contribution in [2.45, 2.75) is 0 Å². The second-order valence-electron chi connectivity index (χ2n) is 10.7. The summed E-state index contributed by atoms with van der Waals surface area (Å²) in [4.78, 5) is 15.1. The first-order chi connectivity index (χ1) is 22.5. The van der Waals surface area contributed by atoms with Crippen molar-refractivity contribution in [1.29, 1.82) is 0 Å². The molecule has 0 bridgehead atoms. The molecule has 0 atom stereocenters. The van der Waals surface area contributed by atoms with Gasteiger partial charge in [-0.2, -0.15) is 9.97 Å². The van der Waals surface area contributed by atoms with Crippen molar-refractivity contribution >= 4 is 56.6 Å². The standard InChI is InChI=1S/C39H26BBrN4O/c1-25-11-6-7-22-46-24-30(21-20-26(25)2)38-42-37(29-15-8-14-28(23-29)27-12-4-3-5-13-27)43-39(44-38)45-35-31(16-9-18-33(35)40)32-17-10-19-34(41)36(32)45/h3-24H,1-2H2/b11-6-,21-20-,22-7-,30-24+. The molecule has 0 fully saturated rings. The van der Waals surface area contributed by atoms with E-state index in [1.807, 2.05) is 83.5 Å². The molecule has 0 amide bonds. The van der Waals surface area contributed by atoms with Crippen molar-refractivity contribution < 1.29 is 4.74 Å². The second-order valence-corrected chi connectivity index (χ2v) is 11.6. The molecule has 6 aromatic rings. The molecule has 1 aliphatic heterocycles. The first kappa shape index (κ1) is 29.2. The Hall–Kier alpha value is -5.53. The van der Waals surface area contributed by atoms with Crippen molar-refractivity contribution in [1.82, 2.24) is 19.5 Å². The number of benzene rings is 4. The number of allylic oxidation sites excluding steroid dienone is 8. The Labute approximate surface area is 276 Å². The fraction of sp³-hybridized carbons (Fsp3) is 0. The highest BCUT2D eigenvalue weighted by Crippen LogP contribution is 2.35. The zero-order valence-electron chi connectivity index (χ0n) is 24.8. The van der Waals surface area contributed by atoms with Crippen molar-refractivity contribution in [2.75, 3.05) is 0 Å². The Kier molecular flexibility index (Phi) is 7.91. The van der Waals surface area contributed by atoms with E-state index < -0.39 is 0 Å². The molecule has 0 unspecified atom stereocenters. The molecular weight excluding hydrogens is 631 g/mol. The van der Waals surface area contributed by atoms with Crippen LogP contribution < -0.4 is 5.46 Å². The highest BCUT2D eigenvalue weighted by atomic mass is 79.9. The number of aromatic nitrogens is 4. The maximum Gasteiger partial charge on any atom is 0.238 e. The molecule has 0 spiro atoms. The predicted octanol–water partition coefficient (Wildman–Crippen LogP) is 8.97. The van der Waals surface area contributed by atoms with Gasteiger partial charge in [-0.15, -0.1) is 0 Å². The van der Waals surface area contributed by atoms with Crippen molar-refractivity contribution in [3.8, 4) is 28.5 Å². The summed E-state index contributed by atoms with van der Waals surface area (Å²) in [6, 6.07) is 30.4. The zero-order chi connectivity index (χ0) is 31.6. The average Bonchev–Trinajstić information content (AvgIpc) is 3.43. The quantitative estimate of drug-likeness (QED) is 0.178. The van der Waals surface area contributed by atoms with Gasteiger partial charge in [-0.3, -0.25) is 4.57 Å². The lowest BCUT2D eigenvalue weighted by atomic mass is 9.93. The van der Waals surface area contributed by atoms with Crippen LogP contribution in [0.1, 0.15) is 5.82 Å². The summed E-state index contributed by atoms with van der Waals surface area (Å²) < 4.78 is 8.69. The van der Waals surface area contributed by atoms with E-state index in [0.717, 1.165) is 54.1 Å². The first-order valence-electron chi connectivity index (χ1n) is 14.6. The van der Waals surface area contributed by atoms with Gasteiger partial charge >= 0.3 is 0 Å². The number of hydrogen-bond donors (Lipinski definition) is 0. The topological polar surface area (TPSA) is 52.8 Å². The van der Waals surface area contributed by atoms with Gasteiger partial charge in [-0.05, 0) is 62.5 Å². The van der Waals surface area contributed by atoms with Gasteiger partial charge in [0.2, 0.25) is 5.95 Å². The van der Waals surface area contributed by atoms with Crippen LogP contribution >= 0.6 is 15.9 Å². The maximum absolute atomic E-state index is 6.65. The molecule has 46 heavy (non-hydrogen) atoms. The van der Waals surface area contributed by atoms with Gasteiger partial charge in [0.05, 0.1) is 22.9 Å². The Balaban J connectivity index is 1.51. The molecule has 2 aromatic heterocycles. The molecule has 4 aromatic carbocycles. The summed E-state index contributed by atoms with van der Waals surface area (Å²) in [6.45, 7) is 8.29. The van der Waals surface area contributed by atoms with Gasteiger partial charge in [0.15, 0.2) is 11.6 Å². The van der Waals surface area contributed by atoms with E-state index in [1.54, 1.807) is 18.6 Å². The van der Waals surface area contributed by atoms with Crippen LogP contribution in [0.25, 0.3) is 55.8 Å². The highest BCUT2D eigenvalue weighted by molar-refractivity contribution is 9.10. The Morgan fingerprint density at radius 2 is 1.35 bits per heavy atom. The molecular formula is C39H26BBrN4O. The van der Waals surface area contributed by atoms with Crippen molar-refractivity contribution in [3.05, 3.63) is 169 Å². The lowest BCUT2D eigenvalue weighted by Gasteiger charge is -2.13. The highest BCUT2D eigenvalue weighted by Gasteiger charge is 2.20. The molecule has 3 heterocycles.